The van der Waals surface area contributed by atoms with E-state index in [4.69, 9.17) is 14.6 Å². The van der Waals surface area contributed by atoms with Crippen molar-refractivity contribution < 1.29 is 14.6 Å². The molecule has 0 radical (unpaired) electrons. The van der Waals surface area contributed by atoms with Gasteiger partial charge in [-0.25, -0.2) is 0 Å². The van der Waals surface area contributed by atoms with Gasteiger partial charge in [0, 0.05) is 18.4 Å². The van der Waals surface area contributed by atoms with E-state index in [0.717, 1.165) is 26.1 Å². The van der Waals surface area contributed by atoms with Crippen molar-refractivity contribution in [3.63, 3.8) is 0 Å². The van der Waals surface area contributed by atoms with Crippen LogP contribution in [0.4, 0.5) is 0 Å². The molecule has 0 saturated carbocycles. The molecule has 0 atom stereocenters. The van der Waals surface area contributed by atoms with Crippen LogP contribution in [0.3, 0.4) is 0 Å². The molecule has 0 spiro atoms. The number of aliphatic hydroxyl groups is 1. The van der Waals surface area contributed by atoms with E-state index in [0.29, 0.717) is 0 Å². The van der Waals surface area contributed by atoms with Crippen LogP contribution in [0.25, 0.3) is 0 Å². The average Bonchev–Trinajstić information content (AvgIpc) is 2.08. The summed E-state index contributed by atoms with van der Waals surface area (Å²) in [5.41, 5.74) is 0.124. The van der Waals surface area contributed by atoms with E-state index in [1.165, 1.54) is 0 Å². The van der Waals surface area contributed by atoms with Crippen LogP contribution in [0, 0.1) is 5.41 Å². The molecule has 0 aromatic carbocycles. The normalized spacial score (nSPS) is 25.8. The second kappa shape index (κ2) is 3.95. The molecule has 1 N–H and O–H groups in total. The number of hydrogen-bond donors (Lipinski definition) is 1. The summed E-state index contributed by atoms with van der Waals surface area (Å²) >= 11 is 0. The Morgan fingerprint density at radius 2 is 1.69 bits per heavy atom. The van der Waals surface area contributed by atoms with E-state index in [9.17, 15) is 0 Å². The minimum Gasteiger partial charge on any atom is -0.396 e. The first-order chi connectivity index (χ1) is 5.97. The molecule has 78 valence electrons. The van der Waals surface area contributed by atoms with Crippen LogP contribution in [0.1, 0.15) is 33.6 Å². The Labute approximate surface area is 80.0 Å². The van der Waals surface area contributed by atoms with E-state index in [-0.39, 0.29) is 12.0 Å². The van der Waals surface area contributed by atoms with E-state index >= 15 is 0 Å². The number of aliphatic hydroxyl groups excluding tert-OH is 1. The first-order valence-corrected chi connectivity index (χ1v) is 4.86. The van der Waals surface area contributed by atoms with Gasteiger partial charge in [-0.3, -0.25) is 0 Å². The molecule has 1 aliphatic heterocycles. The number of ether oxygens (including phenoxy) is 2. The van der Waals surface area contributed by atoms with Crippen molar-refractivity contribution in [3.8, 4) is 0 Å². The first kappa shape index (κ1) is 11.0. The monoisotopic (exact) mass is 188 g/mol. The van der Waals surface area contributed by atoms with Gasteiger partial charge in [-0.1, -0.05) is 13.8 Å². The third-order valence-corrected chi connectivity index (χ3v) is 2.33. The molecule has 1 saturated heterocycles. The van der Waals surface area contributed by atoms with Crippen molar-refractivity contribution in [1.29, 1.82) is 0 Å². The minimum atomic E-state index is -0.474. The van der Waals surface area contributed by atoms with Gasteiger partial charge >= 0.3 is 0 Å². The van der Waals surface area contributed by atoms with Crippen molar-refractivity contribution in [1.82, 2.24) is 0 Å². The molecule has 1 fully saturated rings. The van der Waals surface area contributed by atoms with Gasteiger partial charge in [0.2, 0.25) is 0 Å². The molecule has 3 heteroatoms. The number of rotatable bonds is 3. The van der Waals surface area contributed by atoms with Crippen molar-refractivity contribution in [2.24, 2.45) is 5.41 Å². The fraction of sp³-hybridized carbons (Fsp3) is 1.00. The molecule has 1 aliphatic rings. The average molecular weight is 188 g/mol. The van der Waals surface area contributed by atoms with E-state index in [2.05, 4.69) is 13.8 Å². The Balaban J connectivity index is 2.37. The van der Waals surface area contributed by atoms with Crippen LogP contribution >= 0.6 is 0 Å². The lowest BCUT2D eigenvalue weighted by atomic mass is 9.94. The zero-order valence-electron chi connectivity index (χ0n) is 8.80. The fourth-order valence-electron chi connectivity index (χ4n) is 1.32. The summed E-state index contributed by atoms with van der Waals surface area (Å²) in [5, 5.41) is 8.70. The Kier molecular flexibility index (Phi) is 3.33. The smallest absolute Gasteiger partial charge is 0.165 e. The molecule has 0 amide bonds. The largest absolute Gasteiger partial charge is 0.396 e. The lowest BCUT2D eigenvalue weighted by molar-refractivity contribution is -0.292. The molecule has 0 aromatic rings. The second-order valence-electron chi connectivity index (χ2n) is 4.70. The van der Waals surface area contributed by atoms with Gasteiger partial charge in [-0.15, -0.1) is 0 Å². The summed E-state index contributed by atoms with van der Waals surface area (Å²) in [5.74, 6) is -0.474. The maximum atomic E-state index is 8.70. The maximum absolute atomic E-state index is 8.70. The van der Waals surface area contributed by atoms with Gasteiger partial charge in [-0.2, -0.15) is 0 Å². The molecular weight excluding hydrogens is 168 g/mol. The minimum absolute atomic E-state index is 0.124. The van der Waals surface area contributed by atoms with Gasteiger partial charge in [0.1, 0.15) is 0 Å². The van der Waals surface area contributed by atoms with Crippen LogP contribution in [-0.4, -0.2) is 30.7 Å². The third kappa shape index (κ3) is 3.25. The van der Waals surface area contributed by atoms with Gasteiger partial charge in [0.05, 0.1) is 13.2 Å². The molecular formula is C10H20O3. The topological polar surface area (TPSA) is 38.7 Å². The molecule has 0 aliphatic carbocycles. The molecule has 0 bridgehead atoms. The predicted octanol–water partition coefficient (Wildman–Crippen LogP) is 1.55. The summed E-state index contributed by atoms with van der Waals surface area (Å²) < 4.78 is 11.3. The third-order valence-electron chi connectivity index (χ3n) is 2.33. The molecule has 3 nitrogen and oxygen atoms in total. The highest BCUT2D eigenvalue weighted by Gasteiger charge is 2.36. The van der Waals surface area contributed by atoms with Crippen LogP contribution in [-0.2, 0) is 9.47 Å². The SMILES string of the molecule is CC1(C)COC(C)(CCCO)OC1. The van der Waals surface area contributed by atoms with E-state index in [1.54, 1.807) is 0 Å². The van der Waals surface area contributed by atoms with Crippen molar-refractivity contribution >= 4 is 0 Å². The molecule has 13 heavy (non-hydrogen) atoms. The summed E-state index contributed by atoms with van der Waals surface area (Å²) in [7, 11) is 0. The second-order valence-corrected chi connectivity index (χ2v) is 4.70. The highest BCUT2D eigenvalue weighted by atomic mass is 16.7. The summed E-state index contributed by atoms with van der Waals surface area (Å²) in [6.07, 6.45) is 1.50. The van der Waals surface area contributed by atoms with Crippen LogP contribution in [0.15, 0.2) is 0 Å². The number of hydrogen-bond acceptors (Lipinski definition) is 3. The molecule has 1 heterocycles. The summed E-state index contributed by atoms with van der Waals surface area (Å²) in [4.78, 5) is 0. The molecule has 0 aromatic heterocycles. The maximum Gasteiger partial charge on any atom is 0.165 e. The Morgan fingerprint density at radius 1 is 1.15 bits per heavy atom. The zero-order chi connectivity index (χ0) is 9.95. The molecule has 0 unspecified atom stereocenters. The highest BCUT2D eigenvalue weighted by molar-refractivity contribution is 4.76. The van der Waals surface area contributed by atoms with Gasteiger partial charge in [0.15, 0.2) is 5.79 Å². The predicted molar refractivity (Wildman–Crippen MR) is 50.4 cm³/mol. The van der Waals surface area contributed by atoms with Crippen molar-refractivity contribution in [2.45, 2.75) is 39.4 Å². The summed E-state index contributed by atoms with van der Waals surface area (Å²) in [6.45, 7) is 7.85. The van der Waals surface area contributed by atoms with E-state index in [1.807, 2.05) is 6.92 Å². The standard InChI is InChI=1S/C10H20O3/c1-9(2)7-12-10(3,13-8-9)5-4-6-11/h11H,4-8H2,1-3H3. The first-order valence-electron chi connectivity index (χ1n) is 4.86. The Morgan fingerprint density at radius 3 is 2.15 bits per heavy atom. The fourth-order valence-corrected chi connectivity index (χ4v) is 1.32. The zero-order valence-corrected chi connectivity index (χ0v) is 8.80. The van der Waals surface area contributed by atoms with Crippen LogP contribution in [0.2, 0.25) is 0 Å². The lowest BCUT2D eigenvalue weighted by Gasteiger charge is -2.41. The van der Waals surface area contributed by atoms with Crippen LogP contribution < -0.4 is 0 Å². The van der Waals surface area contributed by atoms with E-state index < -0.39 is 5.79 Å². The van der Waals surface area contributed by atoms with Crippen molar-refractivity contribution in [2.75, 3.05) is 19.8 Å². The van der Waals surface area contributed by atoms with Gasteiger partial charge in [0.25, 0.3) is 0 Å². The van der Waals surface area contributed by atoms with Crippen LogP contribution in [0.5, 0.6) is 0 Å². The van der Waals surface area contributed by atoms with Gasteiger partial charge in [-0.05, 0) is 13.3 Å². The quantitative estimate of drug-likeness (QED) is 0.730. The Hall–Kier alpha value is -0.120. The van der Waals surface area contributed by atoms with Gasteiger partial charge < -0.3 is 14.6 Å². The Bertz CT molecular complexity index is 156. The van der Waals surface area contributed by atoms with Crippen molar-refractivity contribution in [3.05, 3.63) is 0 Å². The highest BCUT2D eigenvalue weighted by Crippen LogP contribution is 2.31. The lowest BCUT2D eigenvalue weighted by Crippen LogP contribution is -2.45. The molecule has 1 rings (SSSR count). The summed E-state index contributed by atoms with van der Waals surface area (Å²) in [6, 6.07) is 0.